The Morgan fingerprint density at radius 2 is 1.64 bits per heavy atom. The number of anilines is 1. The number of rotatable bonds is 8. The number of methoxy groups -OCH3 is 1. The molecule has 5 rings (SSSR count). The molecule has 1 amide bonds. The zero-order chi connectivity index (χ0) is 31.7. The summed E-state index contributed by atoms with van der Waals surface area (Å²) in [6.45, 7) is 5.13. The molecule has 0 saturated heterocycles. The van der Waals surface area contributed by atoms with Gasteiger partial charge < -0.3 is 25.2 Å². The molecule has 2 aliphatic rings. The first kappa shape index (κ1) is 35.6. The Kier molecular flexibility index (Phi) is 15.9. The van der Waals surface area contributed by atoms with Gasteiger partial charge in [-0.3, -0.25) is 9.59 Å². The van der Waals surface area contributed by atoms with E-state index >= 15 is 0 Å². The maximum Gasteiger partial charge on any atom is 0.317 e. The van der Waals surface area contributed by atoms with E-state index in [0.717, 1.165) is 29.3 Å². The lowest BCUT2D eigenvalue weighted by molar-refractivity contribution is -0.135. The van der Waals surface area contributed by atoms with Crippen LogP contribution in [-0.4, -0.2) is 47.0 Å². The highest BCUT2D eigenvalue weighted by Gasteiger charge is 2.32. The Morgan fingerprint density at radius 3 is 2.14 bits per heavy atom. The number of carboxylic acid groups (broad SMARTS) is 1. The SMILES string of the molecule is C#C.C#C.CCC.COc1cc(N2Cc3cn(-c4ccc(Cl)cc4)nc3C2=O)ccc1OCCC1CC1.NCC(=O)O. The van der Waals surface area contributed by atoms with Crippen LogP contribution in [0.3, 0.4) is 0 Å². The van der Waals surface area contributed by atoms with Crippen molar-refractivity contribution < 1.29 is 24.2 Å². The van der Waals surface area contributed by atoms with Gasteiger partial charge in [-0.1, -0.05) is 44.7 Å². The second-order valence-corrected chi connectivity index (χ2v) is 9.47. The van der Waals surface area contributed by atoms with Crippen LogP contribution in [0.5, 0.6) is 11.5 Å². The lowest BCUT2D eigenvalue weighted by Gasteiger charge is -2.18. The van der Waals surface area contributed by atoms with Crippen LogP contribution in [0, 0.1) is 31.6 Å². The van der Waals surface area contributed by atoms with Crippen LogP contribution in [0.2, 0.25) is 5.02 Å². The smallest absolute Gasteiger partial charge is 0.317 e. The largest absolute Gasteiger partial charge is 0.493 e. The summed E-state index contributed by atoms with van der Waals surface area (Å²) in [5.74, 6) is 1.07. The molecule has 3 aromatic rings. The summed E-state index contributed by atoms with van der Waals surface area (Å²) in [6.07, 6.45) is 22.8. The predicted molar refractivity (Wildman–Crippen MR) is 167 cm³/mol. The number of terminal acetylenes is 2. The van der Waals surface area contributed by atoms with Gasteiger partial charge in [-0.05, 0) is 48.7 Å². The third kappa shape index (κ3) is 10.5. The van der Waals surface area contributed by atoms with Crippen LogP contribution in [-0.2, 0) is 11.3 Å². The molecule has 0 spiro atoms. The number of carbonyl (C=O) groups is 2. The number of hydrogen-bond acceptors (Lipinski definition) is 6. The van der Waals surface area contributed by atoms with Crippen molar-refractivity contribution in [2.75, 3.05) is 25.2 Å². The van der Waals surface area contributed by atoms with E-state index in [1.807, 2.05) is 36.5 Å². The van der Waals surface area contributed by atoms with Crippen LogP contribution in [0.4, 0.5) is 5.69 Å². The number of aromatic nitrogens is 2. The molecule has 0 atom stereocenters. The van der Waals surface area contributed by atoms with E-state index in [2.05, 4.69) is 50.4 Å². The summed E-state index contributed by atoms with van der Waals surface area (Å²) in [6, 6.07) is 13.0. The van der Waals surface area contributed by atoms with E-state index in [-0.39, 0.29) is 12.5 Å². The van der Waals surface area contributed by atoms with Crippen molar-refractivity contribution in [3.8, 4) is 42.9 Å². The first-order chi connectivity index (χ1) is 20.3. The van der Waals surface area contributed by atoms with E-state index in [9.17, 15) is 9.59 Å². The number of aliphatic carboxylic acids is 1. The van der Waals surface area contributed by atoms with Gasteiger partial charge in [0.05, 0.1) is 32.5 Å². The van der Waals surface area contributed by atoms with Gasteiger partial charge in [-0.15, -0.1) is 25.7 Å². The van der Waals surface area contributed by atoms with Crippen LogP contribution in [0.15, 0.2) is 48.7 Å². The summed E-state index contributed by atoms with van der Waals surface area (Å²) < 4.78 is 13.1. The molecular weight excluding hydrogens is 556 g/mol. The molecule has 42 heavy (non-hydrogen) atoms. The third-order valence-corrected chi connectivity index (χ3v) is 6.02. The average Bonchev–Trinajstić information content (AvgIpc) is 3.66. The molecule has 0 bridgehead atoms. The van der Waals surface area contributed by atoms with Crippen molar-refractivity contribution in [1.29, 1.82) is 0 Å². The van der Waals surface area contributed by atoms with Gasteiger partial charge in [0.2, 0.25) is 0 Å². The standard InChI is InChI=1S/C23H22ClN3O3.C3H8.C2H5NO2.2C2H2/c1-29-21-12-19(8-9-20(21)30-11-10-15-2-3-15)26-13-16-14-27(25-22(16)23(26)28)18-6-4-17(24)5-7-18;1-3-2;3-1-2(4)5;2*1-2/h4-9,12,14-15H,2-3,10-11,13H2,1H3;3H2,1-2H3;1,3H2,(H,4,5);2*1-2H. The van der Waals surface area contributed by atoms with E-state index in [1.54, 1.807) is 28.8 Å². The van der Waals surface area contributed by atoms with Crippen molar-refractivity contribution in [1.82, 2.24) is 9.78 Å². The lowest BCUT2D eigenvalue weighted by atomic mass is 10.2. The number of carboxylic acids is 1. The monoisotopic (exact) mass is 594 g/mol. The minimum atomic E-state index is -0.968. The molecule has 10 heteroatoms. The summed E-state index contributed by atoms with van der Waals surface area (Å²) in [4.78, 5) is 23.9. The summed E-state index contributed by atoms with van der Waals surface area (Å²) in [7, 11) is 1.62. The highest BCUT2D eigenvalue weighted by atomic mass is 35.5. The highest BCUT2D eigenvalue weighted by molar-refractivity contribution is 6.30. The lowest BCUT2D eigenvalue weighted by Crippen LogP contribution is -2.24. The maximum atomic E-state index is 13.0. The maximum absolute atomic E-state index is 13.0. The molecule has 9 nitrogen and oxygen atoms in total. The molecule has 0 unspecified atom stereocenters. The quantitative estimate of drug-likeness (QED) is 0.315. The summed E-state index contributed by atoms with van der Waals surface area (Å²) in [5.41, 5.74) is 7.56. The third-order valence-electron chi connectivity index (χ3n) is 5.77. The Labute approximate surface area is 253 Å². The van der Waals surface area contributed by atoms with Gasteiger partial charge in [0.15, 0.2) is 17.2 Å². The fraction of sp³-hybridized carbons (Fsp3) is 0.344. The molecular formula is C32H39ClN4O5. The van der Waals surface area contributed by atoms with Crippen LogP contribution in [0.25, 0.3) is 5.69 Å². The van der Waals surface area contributed by atoms with E-state index in [0.29, 0.717) is 35.4 Å². The van der Waals surface area contributed by atoms with Gasteiger partial charge in [-0.25, -0.2) is 4.68 Å². The van der Waals surface area contributed by atoms with Gasteiger partial charge >= 0.3 is 5.97 Å². The summed E-state index contributed by atoms with van der Waals surface area (Å²) >= 11 is 5.95. The predicted octanol–water partition coefficient (Wildman–Crippen LogP) is 5.82. The molecule has 1 aliphatic carbocycles. The fourth-order valence-electron chi connectivity index (χ4n) is 3.70. The van der Waals surface area contributed by atoms with E-state index < -0.39 is 5.97 Å². The Bertz CT molecular complexity index is 1310. The molecule has 2 aromatic carbocycles. The normalized spacial score (nSPS) is 12.4. The number of ether oxygens (including phenoxy) is 2. The minimum absolute atomic E-state index is 0.123. The van der Waals surface area contributed by atoms with Crippen molar-refractivity contribution >= 4 is 29.2 Å². The Balaban J connectivity index is 0.000000639. The zero-order valence-corrected chi connectivity index (χ0v) is 25.1. The van der Waals surface area contributed by atoms with Crippen LogP contribution in [0.1, 0.15) is 55.6 Å². The second-order valence-electron chi connectivity index (χ2n) is 9.04. The number of benzene rings is 2. The molecule has 2 heterocycles. The van der Waals surface area contributed by atoms with E-state index in [1.165, 1.54) is 19.3 Å². The molecule has 1 aliphatic heterocycles. The second kappa shape index (κ2) is 18.8. The number of carbonyl (C=O) groups excluding carboxylic acids is 1. The topological polar surface area (TPSA) is 120 Å². The Hall–Kier alpha value is -4.44. The van der Waals surface area contributed by atoms with Crippen molar-refractivity contribution in [3.63, 3.8) is 0 Å². The van der Waals surface area contributed by atoms with Crippen LogP contribution < -0.4 is 20.1 Å². The first-order valence-electron chi connectivity index (χ1n) is 13.4. The average molecular weight is 595 g/mol. The minimum Gasteiger partial charge on any atom is -0.493 e. The molecule has 0 radical (unpaired) electrons. The molecule has 1 fully saturated rings. The van der Waals surface area contributed by atoms with Gasteiger partial charge in [0.1, 0.15) is 0 Å². The zero-order valence-electron chi connectivity index (χ0n) is 24.3. The number of halogens is 1. The number of nitrogens with zero attached hydrogens (tertiary/aromatic N) is 3. The highest BCUT2D eigenvalue weighted by Crippen LogP contribution is 2.37. The molecule has 3 N–H and O–H groups in total. The molecule has 1 saturated carbocycles. The Morgan fingerprint density at radius 1 is 1.07 bits per heavy atom. The van der Waals surface area contributed by atoms with Crippen molar-refractivity contribution in [2.24, 2.45) is 11.7 Å². The number of nitrogens with two attached hydrogens (primary N) is 1. The number of fused-ring (bicyclic) bond motifs is 1. The van der Waals surface area contributed by atoms with Gasteiger partial charge in [0.25, 0.3) is 5.91 Å². The summed E-state index contributed by atoms with van der Waals surface area (Å²) in [5, 5.41) is 12.8. The molecule has 224 valence electrons. The number of amides is 1. The van der Waals surface area contributed by atoms with E-state index in [4.69, 9.17) is 26.2 Å². The van der Waals surface area contributed by atoms with Gasteiger partial charge in [0, 0.05) is 28.5 Å². The first-order valence-corrected chi connectivity index (χ1v) is 13.7. The fourth-order valence-corrected chi connectivity index (χ4v) is 3.82. The van der Waals surface area contributed by atoms with Crippen molar-refractivity contribution in [2.45, 2.75) is 46.1 Å². The van der Waals surface area contributed by atoms with Gasteiger partial charge in [-0.2, -0.15) is 5.10 Å². The number of hydrogen-bond donors (Lipinski definition) is 2. The molecule has 1 aromatic heterocycles. The van der Waals surface area contributed by atoms with Crippen LogP contribution >= 0.6 is 11.6 Å². The van der Waals surface area contributed by atoms with Crippen molar-refractivity contribution in [3.05, 3.63) is 64.9 Å².